The highest BCUT2D eigenvalue weighted by atomic mass is 19.4. The highest BCUT2D eigenvalue weighted by Crippen LogP contribution is 2.54. The van der Waals surface area contributed by atoms with Crippen LogP contribution in [0.4, 0.5) is 30.7 Å². The van der Waals surface area contributed by atoms with E-state index in [2.05, 4.69) is 4.74 Å². The van der Waals surface area contributed by atoms with Gasteiger partial charge in [0.05, 0.1) is 0 Å². The fraction of sp³-hybridized carbons (Fsp3) is 0.533. The van der Waals surface area contributed by atoms with E-state index in [1.807, 2.05) is 0 Å². The van der Waals surface area contributed by atoms with Gasteiger partial charge < -0.3 is 14.6 Å². The zero-order valence-corrected chi connectivity index (χ0v) is 13.3. The number of aliphatic carboxylic acids is 1. The quantitative estimate of drug-likeness (QED) is 0.787. The normalized spacial score (nSPS) is 29.2. The van der Waals surface area contributed by atoms with E-state index in [1.165, 1.54) is 0 Å². The Morgan fingerprint density at radius 1 is 1.31 bits per heavy atom. The lowest BCUT2D eigenvalue weighted by Gasteiger charge is -2.32. The maximum atomic E-state index is 13.9. The van der Waals surface area contributed by atoms with E-state index < -0.39 is 65.2 Å². The van der Waals surface area contributed by atoms with E-state index in [9.17, 15) is 40.6 Å². The summed E-state index contributed by atoms with van der Waals surface area (Å²) in [7, 11) is 0. The van der Waals surface area contributed by atoms with Crippen molar-refractivity contribution in [1.29, 1.82) is 0 Å². The fourth-order valence-electron chi connectivity index (χ4n) is 3.03. The fourth-order valence-corrected chi connectivity index (χ4v) is 3.03. The van der Waals surface area contributed by atoms with Crippen LogP contribution in [0.25, 0.3) is 0 Å². The monoisotopic (exact) mass is 390 g/mol. The second-order valence-electron chi connectivity index (χ2n) is 5.95. The molecule has 11 heteroatoms. The Morgan fingerprint density at radius 2 is 1.88 bits per heavy atom. The van der Waals surface area contributed by atoms with Gasteiger partial charge >= 0.3 is 18.8 Å². The SMILES string of the molecule is C[C@H]1[C@@H](c2ccc(F)c(F)c2OC(F)F)C(C(=O)O)O[C@@]1(C)C(F)(F)F. The number of hydrogen-bond donors (Lipinski definition) is 1. The summed E-state index contributed by atoms with van der Waals surface area (Å²) >= 11 is 0. The van der Waals surface area contributed by atoms with Crippen LogP contribution in [0.15, 0.2) is 12.1 Å². The van der Waals surface area contributed by atoms with Crippen LogP contribution in [0.1, 0.15) is 25.3 Å². The summed E-state index contributed by atoms with van der Waals surface area (Å²) in [4.78, 5) is 11.4. The van der Waals surface area contributed by atoms with Gasteiger partial charge in [-0.3, -0.25) is 0 Å². The third-order valence-electron chi connectivity index (χ3n) is 4.56. The summed E-state index contributed by atoms with van der Waals surface area (Å²) in [6.07, 6.45) is -7.14. The highest BCUT2D eigenvalue weighted by Gasteiger charge is 2.66. The van der Waals surface area contributed by atoms with Crippen LogP contribution in [0.2, 0.25) is 0 Å². The lowest BCUT2D eigenvalue weighted by molar-refractivity contribution is -0.273. The molecule has 26 heavy (non-hydrogen) atoms. The van der Waals surface area contributed by atoms with Gasteiger partial charge in [0.25, 0.3) is 0 Å². The molecule has 4 nitrogen and oxygen atoms in total. The standard InChI is InChI=1S/C15H13F7O4/c1-5-8(11(12(23)24)26-14(5,2)15(20,21)22)6-3-4-7(16)9(17)10(6)25-13(18)19/h3-5,8,11,13H,1-2H3,(H,23,24)/t5-,8-,11?,14+/m0/s1. The molecular weight excluding hydrogens is 377 g/mol. The summed E-state index contributed by atoms with van der Waals surface area (Å²) in [5.74, 6) is -9.96. The molecule has 0 radical (unpaired) electrons. The minimum absolute atomic E-state index is 0.484. The second-order valence-corrected chi connectivity index (χ2v) is 5.95. The first kappa shape index (κ1) is 20.3. The van der Waals surface area contributed by atoms with E-state index in [4.69, 9.17) is 4.74 Å². The lowest BCUT2D eigenvalue weighted by atomic mass is 9.77. The van der Waals surface area contributed by atoms with Gasteiger partial charge in [-0.15, -0.1) is 0 Å². The minimum atomic E-state index is -5.00. The van der Waals surface area contributed by atoms with Crippen molar-refractivity contribution in [2.45, 2.75) is 44.3 Å². The zero-order valence-electron chi connectivity index (χ0n) is 13.3. The Morgan fingerprint density at radius 3 is 2.35 bits per heavy atom. The molecule has 1 unspecified atom stereocenters. The van der Waals surface area contributed by atoms with Crippen molar-refractivity contribution in [3.8, 4) is 5.75 Å². The molecule has 0 amide bonds. The summed E-state index contributed by atoms with van der Waals surface area (Å²) in [6.45, 7) is -2.03. The maximum absolute atomic E-state index is 13.9. The summed E-state index contributed by atoms with van der Waals surface area (Å²) in [5, 5.41) is 9.21. The van der Waals surface area contributed by atoms with Crippen molar-refractivity contribution in [3.63, 3.8) is 0 Å². The molecule has 1 heterocycles. The van der Waals surface area contributed by atoms with E-state index >= 15 is 0 Å². The van der Waals surface area contributed by atoms with Crippen LogP contribution in [0.3, 0.4) is 0 Å². The van der Waals surface area contributed by atoms with Gasteiger partial charge in [-0.05, 0) is 13.0 Å². The molecule has 0 aliphatic carbocycles. The second kappa shape index (κ2) is 6.60. The predicted octanol–water partition coefficient (Wildman–Crippen LogP) is 4.09. The number of rotatable bonds is 4. The molecule has 1 fully saturated rings. The number of carbonyl (C=O) groups is 1. The third kappa shape index (κ3) is 3.19. The van der Waals surface area contributed by atoms with Crippen LogP contribution >= 0.6 is 0 Å². The molecule has 0 spiro atoms. The topological polar surface area (TPSA) is 55.8 Å². The Bertz CT molecular complexity index is 706. The van der Waals surface area contributed by atoms with Gasteiger partial charge in [-0.2, -0.15) is 26.3 Å². The van der Waals surface area contributed by atoms with E-state index in [0.717, 1.165) is 6.92 Å². The third-order valence-corrected chi connectivity index (χ3v) is 4.56. The maximum Gasteiger partial charge on any atom is 0.417 e. The molecule has 1 aliphatic heterocycles. The van der Waals surface area contributed by atoms with E-state index in [0.29, 0.717) is 19.1 Å². The van der Waals surface area contributed by atoms with Crippen LogP contribution < -0.4 is 4.74 Å². The Kier molecular flexibility index (Phi) is 5.15. The molecule has 4 atom stereocenters. The van der Waals surface area contributed by atoms with Crippen LogP contribution in [-0.2, 0) is 9.53 Å². The van der Waals surface area contributed by atoms with Crippen molar-refractivity contribution >= 4 is 5.97 Å². The van der Waals surface area contributed by atoms with Crippen molar-refractivity contribution in [1.82, 2.24) is 0 Å². The molecule has 1 aromatic rings. The number of hydrogen-bond acceptors (Lipinski definition) is 3. The zero-order chi connectivity index (χ0) is 20.0. The Hall–Kier alpha value is -2.04. The molecule has 2 rings (SSSR count). The Balaban J connectivity index is 2.65. The first-order chi connectivity index (χ1) is 11.8. The smallest absolute Gasteiger partial charge is 0.417 e. The van der Waals surface area contributed by atoms with Gasteiger partial charge in [0.1, 0.15) is 0 Å². The first-order valence-corrected chi connectivity index (χ1v) is 7.21. The number of alkyl halides is 5. The average Bonchev–Trinajstić information content (AvgIpc) is 2.77. The van der Waals surface area contributed by atoms with E-state index in [-0.39, 0.29) is 0 Å². The number of ether oxygens (including phenoxy) is 2. The van der Waals surface area contributed by atoms with Crippen molar-refractivity contribution < 1.29 is 50.1 Å². The van der Waals surface area contributed by atoms with Gasteiger partial charge in [0.15, 0.2) is 23.3 Å². The molecular formula is C15H13F7O4. The number of carboxylic acid groups (broad SMARTS) is 1. The number of halogens is 7. The first-order valence-electron chi connectivity index (χ1n) is 7.21. The predicted molar refractivity (Wildman–Crippen MR) is 71.9 cm³/mol. The molecule has 1 aliphatic rings. The van der Waals surface area contributed by atoms with Crippen LogP contribution in [0, 0.1) is 17.6 Å². The van der Waals surface area contributed by atoms with Gasteiger partial charge in [0.2, 0.25) is 5.82 Å². The van der Waals surface area contributed by atoms with E-state index in [1.54, 1.807) is 0 Å². The molecule has 0 saturated carbocycles. The molecule has 0 bridgehead atoms. The summed E-state index contributed by atoms with van der Waals surface area (Å²) in [6, 6.07) is 1.19. The summed E-state index contributed by atoms with van der Waals surface area (Å²) in [5.41, 5.74) is -3.61. The van der Waals surface area contributed by atoms with Crippen molar-refractivity contribution in [2.24, 2.45) is 5.92 Å². The van der Waals surface area contributed by atoms with Crippen LogP contribution in [-0.4, -0.2) is 35.6 Å². The molecule has 1 saturated heterocycles. The van der Waals surface area contributed by atoms with Crippen LogP contribution in [0.5, 0.6) is 5.75 Å². The van der Waals surface area contributed by atoms with Gasteiger partial charge in [-0.25, -0.2) is 9.18 Å². The largest absolute Gasteiger partial charge is 0.479 e. The Labute approximate surface area is 142 Å². The van der Waals surface area contributed by atoms with Gasteiger partial charge in [-0.1, -0.05) is 13.0 Å². The number of benzene rings is 1. The number of carboxylic acids is 1. The minimum Gasteiger partial charge on any atom is -0.479 e. The van der Waals surface area contributed by atoms with Crippen molar-refractivity contribution in [2.75, 3.05) is 0 Å². The molecule has 1 aromatic carbocycles. The molecule has 146 valence electrons. The molecule has 0 aromatic heterocycles. The molecule has 1 N–H and O–H groups in total. The van der Waals surface area contributed by atoms with Gasteiger partial charge in [0, 0.05) is 17.4 Å². The average molecular weight is 390 g/mol. The highest BCUT2D eigenvalue weighted by molar-refractivity contribution is 5.75. The lowest BCUT2D eigenvalue weighted by Crippen LogP contribution is -2.47. The summed E-state index contributed by atoms with van der Waals surface area (Å²) < 4.78 is 101. The van der Waals surface area contributed by atoms with Crippen molar-refractivity contribution in [3.05, 3.63) is 29.3 Å².